The van der Waals surface area contributed by atoms with Crippen LogP contribution >= 0.6 is 0 Å². The van der Waals surface area contributed by atoms with E-state index in [1.54, 1.807) is 12.1 Å². The number of nitrogens with two attached hydrogens (primary N) is 1. The van der Waals surface area contributed by atoms with Gasteiger partial charge in [0.05, 0.1) is 12.2 Å². The highest BCUT2D eigenvalue weighted by Gasteiger charge is 2.25. The summed E-state index contributed by atoms with van der Waals surface area (Å²) >= 11 is 0. The van der Waals surface area contributed by atoms with Crippen LogP contribution in [-0.4, -0.2) is 42.8 Å². The van der Waals surface area contributed by atoms with E-state index < -0.39 is 28.0 Å². The monoisotopic (exact) mass is 472 g/mol. The maximum Gasteiger partial charge on any atom is 0.354 e. The van der Waals surface area contributed by atoms with Crippen molar-refractivity contribution in [3.05, 3.63) is 53.6 Å². The fourth-order valence-corrected chi connectivity index (χ4v) is 4.99. The number of benzene rings is 1. The number of hydrogen-bond donors (Lipinski definition) is 3. The molecule has 1 aliphatic carbocycles. The fourth-order valence-electron chi connectivity index (χ4n) is 4.12. The number of pyridine rings is 1. The van der Waals surface area contributed by atoms with Crippen molar-refractivity contribution in [1.29, 1.82) is 0 Å². The number of urea groups is 1. The van der Waals surface area contributed by atoms with Crippen LogP contribution in [0.2, 0.25) is 0 Å². The Labute approximate surface area is 188 Å². The number of rotatable bonds is 3. The minimum absolute atomic E-state index is 0.0754. The summed E-state index contributed by atoms with van der Waals surface area (Å²) in [6, 6.07) is 7.11. The molecule has 2 aromatic heterocycles. The van der Waals surface area contributed by atoms with E-state index >= 15 is 0 Å². The zero-order valence-corrected chi connectivity index (χ0v) is 18.2. The van der Waals surface area contributed by atoms with Gasteiger partial charge in [0.1, 0.15) is 12.7 Å². The van der Waals surface area contributed by atoms with E-state index in [4.69, 9.17) is 9.88 Å². The Balaban J connectivity index is 1.49. The Bertz CT molecular complexity index is 1380. The van der Waals surface area contributed by atoms with Gasteiger partial charge < -0.3 is 15.2 Å². The number of aryl methyl sites for hydroxylation is 1. The number of halogens is 1. The van der Waals surface area contributed by atoms with Crippen molar-refractivity contribution >= 4 is 21.6 Å². The molecule has 12 heteroatoms. The number of ether oxygens (including phenoxy) is 1. The number of fused-ring (bicyclic) bond motifs is 2. The van der Waals surface area contributed by atoms with E-state index in [2.05, 4.69) is 19.8 Å². The van der Waals surface area contributed by atoms with Crippen molar-refractivity contribution in [3.8, 4) is 17.0 Å². The van der Waals surface area contributed by atoms with E-state index in [0.29, 0.717) is 16.8 Å². The molecule has 0 saturated carbocycles. The lowest BCUT2D eigenvalue weighted by atomic mass is 9.98. The van der Waals surface area contributed by atoms with Gasteiger partial charge in [-0.1, -0.05) is 12.1 Å². The van der Waals surface area contributed by atoms with Gasteiger partial charge in [0.15, 0.2) is 14.9 Å². The van der Waals surface area contributed by atoms with Crippen LogP contribution in [0, 0.1) is 5.95 Å². The van der Waals surface area contributed by atoms with Crippen LogP contribution in [0.25, 0.3) is 11.1 Å². The summed E-state index contributed by atoms with van der Waals surface area (Å²) in [5.41, 5.74) is 3.63. The maximum absolute atomic E-state index is 13.7. The first kappa shape index (κ1) is 21.5. The molecule has 2 amide bonds. The van der Waals surface area contributed by atoms with Crippen LogP contribution in [0.3, 0.4) is 0 Å². The molecule has 0 fully saturated rings. The molecule has 10 nitrogen and oxygen atoms in total. The standard InChI is InChI=1S/C21H21FN6O4S/c22-17-8-13(6-7-24-17)16-5-4-12-2-1-3-15(12)20(16)25-21(30)27-33(23,31)18-9-19-28(26-18)10-14(29)11-32-19/h4-9,14,29H,1-3,10-11H2,(H3,23,25,27,30,31). The second kappa shape index (κ2) is 8.21. The average Bonchev–Trinajstić information content (AvgIpc) is 3.40. The first-order valence-corrected chi connectivity index (χ1v) is 11.9. The Morgan fingerprint density at radius 1 is 1.33 bits per heavy atom. The zero-order valence-electron chi connectivity index (χ0n) is 17.4. The van der Waals surface area contributed by atoms with Gasteiger partial charge in [-0.25, -0.2) is 23.8 Å². The van der Waals surface area contributed by atoms with E-state index in [-0.39, 0.29) is 24.1 Å². The van der Waals surface area contributed by atoms with Gasteiger partial charge in [-0.15, -0.1) is 4.36 Å². The lowest BCUT2D eigenvalue weighted by Gasteiger charge is -2.19. The molecule has 1 aromatic carbocycles. The van der Waals surface area contributed by atoms with Gasteiger partial charge >= 0.3 is 6.03 Å². The van der Waals surface area contributed by atoms with Crippen molar-refractivity contribution in [1.82, 2.24) is 14.8 Å². The van der Waals surface area contributed by atoms with Crippen molar-refractivity contribution in [2.75, 3.05) is 11.9 Å². The van der Waals surface area contributed by atoms with E-state index in [1.165, 1.54) is 23.0 Å². The van der Waals surface area contributed by atoms with Crippen LogP contribution in [0.4, 0.5) is 14.9 Å². The van der Waals surface area contributed by atoms with Crippen LogP contribution in [-0.2, 0) is 29.3 Å². The third-order valence-corrected chi connectivity index (χ3v) is 6.83. The number of carbonyl (C=O) groups is 1. The number of nitrogens with zero attached hydrogens (tertiary/aromatic N) is 4. The molecule has 2 aliphatic rings. The number of nitrogens with one attached hydrogen (secondary N) is 1. The molecular weight excluding hydrogens is 451 g/mol. The molecule has 2 atom stereocenters. The van der Waals surface area contributed by atoms with Crippen LogP contribution < -0.4 is 15.2 Å². The zero-order chi connectivity index (χ0) is 23.2. The highest BCUT2D eigenvalue weighted by Crippen LogP contribution is 2.37. The smallest absolute Gasteiger partial charge is 0.354 e. The van der Waals surface area contributed by atoms with Crippen molar-refractivity contribution in [3.63, 3.8) is 0 Å². The summed E-state index contributed by atoms with van der Waals surface area (Å²) in [4.78, 5) is 16.4. The molecule has 5 rings (SSSR count). The minimum atomic E-state index is -3.69. The molecule has 0 radical (unpaired) electrons. The van der Waals surface area contributed by atoms with Gasteiger partial charge in [0, 0.05) is 23.9 Å². The largest absolute Gasteiger partial charge is 0.475 e. The topological polar surface area (TPSA) is 145 Å². The summed E-state index contributed by atoms with van der Waals surface area (Å²) in [6.45, 7) is 0.227. The number of aliphatic hydroxyl groups excluding tert-OH is 1. The van der Waals surface area contributed by atoms with E-state index in [0.717, 1.165) is 30.4 Å². The molecule has 3 heterocycles. The first-order chi connectivity index (χ1) is 15.8. The third kappa shape index (κ3) is 4.19. The lowest BCUT2D eigenvalue weighted by molar-refractivity contribution is 0.0556. The Morgan fingerprint density at radius 2 is 2.18 bits per heavy atom. The number of hydrogen-bond acceptors (Lipinski definition) is 6. The Hall–Kier alpha value is -3.35. The Kier molecular flexibility index (Phi) is 5.35. The van der Waals surface area contributed by atoms with Gasteiger partial charge in [-0.05, 0) is 42.0 Å². The number of amides is 2. The molecule has 4 N–H and O–H groups in total. The molecule has 172 valence electrons. The molecule has 1 aliphatic heterocycles. The maximum atomic E-state index is 13.7. The normalized spacial score (nSPS) is 18.6. The van der Waals surface area contributed by atoms with E-state index in [1.807, 2.05) is 6.07 Å². The minimum Gasteiger partial charge on any atom is -0.475 e. The SMILES string of the molecule is NS(=O)(=NC(=O)Nc1c(-c2ccnc(F)c2)ccc2c1CCC2)c1cc2n(n1)CC(O)CO2. The summed E-state index contributed by atoms with van der Waals surface area (Å²) in [5.74, 6) is -0.358. The van der Waals surface area contributed by atoms with E-state index in [9.17, 15) is 18.5 Å². The Morgan fingerprint density at radius 3 is 3.00 bits per heavy atom. The highest BCUT2D eigenvalue weighted by atomic mass is 32.2. The molecule has 33 heavy (non-hydrogen) atoms. The van der Waals surface area contributed by atoms with Gasteiger partial charge in [0.2, 0.25) is 11.8 Å². The quantitative estimate of drug-likeness (QED) is 0.499. The number of aromatic nitrogens is 3. The molecule has 0 spiro atoms. The van der Waals surface area contributed by atoms with Crippen LogP contribution in [0.15, 0.2) is 45.9 Å². The van der Waals surface area contributed by atoms with Gasteiger partial charge in [0.25, 0.3) is 0 Å². The van der Waals surface area contributed by atoms with Crippen molar-refractivity contribution in [2.45, 2.75) is 36.9 Å². The first-order valence-electron chi connectivity index (χ1n) is 10.3. The predicted octanol–water partition coefficient (Wildman–Crippen LogP) is 2.26. The third-order valence-electron chi connectivity index (χ3n) is 5.60. The molecule has 0 saturated heterocycles. The molecule has 0 bridgehead atoms. The fraction of sp³-hybridized carbons (Fsp3) is 0.286. The van der Waals surface area contributed by atoms with Crippen LogP contribution in [0.1, 0.15) is 17.5 Å². The lowest BCUT2D eigenvalue weighted by Crippen LogP contribution is -2.30. The summed E-state index contributed by atoms with van der Waals surface area (Å²) in [5, 5.41) is 22.2. The summed E-state index contributed by atoms with van der Waals surface area (Å²) < 4.78 is 37.1. The number of aliphatic hydroxyl groups is 1. The molecule has 2 unspecified atom stereocenters. The molecular formula is C21H21FN6O4S. The molecule has 3 aromatic rings. The van der Waals surface area contributed by atoms with Crippen molar-refractivity contribution in [2.24, 2.45) is 9.50 Å². The second-order valence-corrected chi connectivity index (χ2v) is 9.64. The number of anilines is 1. The van der Waals surface area contributed by atoms with Gasteiger partial charge in [-0.2, -0.15) is 9.49 Å². The second-order valence-electron chi connectivity index (χ2n) is 7.90. The summed E-state index contributed by atoms with van der Waals surface area (Å²) in [7, 11) is -3.69. The average molecular weight is 473 g/mol. The predicted molar refractivity (Wildman–Crippen MR) is 117 cm³/mol. The number of carbonyl (C=O) groups excluding carboxylic acids is 1. The van der Waals surface area contributed by atoms with Crippen LogP contribution in [0.5, 0.6) is 5.88 Å². The highest BCUT2D eigenvalue weighted by molar-refractivity contribution is 7.91. The van der Waals surface area contributed by atoms with Gasteiger partial charge in [-0.3, -0.25) is 0 Å². The van der Waals surface area contributed by atoms with Crippen molar-refractivity contribution < 1.29 is 23.2 Å². The summed E-state index contributed by atoms with van der Waals surface area (Å²) in [6.07, 6.45) is 3.11.